The van der Waals surface area contributed by atoms with E-state index < -0.39 is 12.1 Å². The van der Waals surface area contributed by atoms with Crippen molar-refractivity contribution in [2.45, 2.75) is 13.1 Å². The highest BCUT2D eigenvalue weighted by atomic mass is 79.9. The molecule has 9 heteroatoms. The zero-order valence-corrected chi connectivity index (χ0v) is 16.1. The summed E-state index contributed by atoms with van der Waals surface area (Å²) in [7, 11) is 2.61. The lowest BCUT2D eigenvalue weighted by atomic mass is 10.2. The van der Waals surface area contributed by atoms with Crippen LogP contribution in [0.1, 0.15) is 5.56 Å². The van der Waals surface area contributed by atoms with Gasteiger partial charge in [0.1, 0.15) is 11.3 Å². The Balaban J connectivity index is 2.05. The van der Waals surface area contributed by atoms with Crippen LogP contribution < -0.4 is 9.64 Å². The van der Waals surface area contributed by atoms with E-state index in [2.05, 4.69) is 20.9 Å². The van der Waals surface area contributed by atoms with Crippen molar-refractivity contribution in [1.29, 1.82) is 0 Å². The van der Waals surface area contributed by atoms with Crippen molar-refractivity contribution in [2.24, 2.45) is 0 Å². The maximum Gasteiger partial charge on any atom is 0.471 e. The van der Waals surface area contributed by atoms with Gasteiger partial charge in [0.25, 0.3) is 0 Å². The predicted molar refractivity (Wildman–Crippen MR) is 97.9 cm³/mol. The number of methoxy groups -OCH3 is 1. The molecule has 0 unspecified atom stereocenters. The smallest absolute Gasteiger partial charge is 0.471 e. The minimum Gasteiger partial charge on any atom is -0.496 e. The number of hydrogen-bond donors (Lipinski definition) is 0. The van der Waals surface area contributed by atoms with Crippen LogP contribution >= 0.6 is 15.9 Å². The van der Waals surface area contributed by atoms with Gasteiger partial charge < -0.3 is 14.1 Å². The van der Waals surface area contributed by atoms with Crippen LogP contribution in [0.25, 0.3) is 22.6 Å². The Morgan fingerprint density at radius 3 is 2.56 bits per heavy atom. The van der Waals surface area contributed by atoms with Gasteiger partial charge in [0.2, 0.25) is 5.89 Å². The Morgan fingerprint density at radius 2 is 1.96 bits per heavy atom. The number of amides is 1. The number of anilines is 1. The largest absolute Gasteiger partial charge is 0.496 e. The third kappa shape index (κ3) is 3.64. The molecule has 0 radical (unpaired) electrons. The number of benzene rings is 2. The number of carbonyl (C=O) groups is 1. The van der Waals surface area contributed by atoms with Gasteiger partial charge in [0, 0.05) is 18.3 Å². The normalized spacial score (nSPS) is 11.7. The van der Waals surface area contributed by atoms with E-state index in [1.807, 2.05) is 0 Å². The highest BCUT2D eigenvalue weighted by Gasteiger charge is 2.41. The molecular formula is C18H14BrF3N2O3. The lowest BCUT2D eigenvalue weighted by Gasteiger charge is -2.19. The summed E-state index contributed by atoms with van der Waals surface area (Å²) in [6, 6.07) is 8.09. The van der Waals surface area contributed by atoms with Crippen LogP contribution in [0.3, 0.4) is 0 Å². The first-order valence-electron chi connectivity index (χ1n) is 7.72. The molecule has 0 fully saturated rings. The fourth-order valence-corrected chi connectivity index (χ4v) is 3.15. The van der Waals surface area contributed by atoms with Crippen molar-refractivity contribution in [3.63, 3.8) is 0 Å². The lowest BCUT2D eigenvalue weighted by molar-refractivity contribution is -0.170. The van der Waals surface area contributed by atoms with Crippen LogP contribution in [0.15, 0.2) is 39.2 Å². The summed E-state index contributed by atoms with van der Waals surface area (Å²) in [6.45, 7) is 1.68. The maximum absolute atomic E-state index is 12.7. The zero-order chi connectivity index (χ0) is 19.9. The van der Waals surface area contributed by atoms with Gasteiger partial charge in [0.05, 0.1) is 11.6 Å². The second kappa shape index (κ2) is 6.88. The maximum atomic E-state index is 12.7. The molecule has 0 atom stereocenters. The summed E-state index contributed by atoms with van der Waals surface area (Å²) >= 11 is 3.38. The third-order valence-corrected chi connectivity index (χ3v) is 4.61. The fraction of sp³-hybridized carbons (Fsp3) is 0.222. The first-order chi connectivity index (χ1) is 12.6. The van der Waals surface area contributed by atoms with Gasteiger partial charge in [-0.1, -0.05) is 0 Å². The molecular weight excluding hydrogens is 429 g/mol. The van der Waals surface area contributed by atoms with Crippen LogP contribution in [-0.2, 0) is 4.79 Å². The number of hydrogen-bond acceptors (Lipinski definition) is 4. The molecule has 1 aromatic heterocycles. The topological polar surface area (TPSA) is 55.6 Å². The molecule has 3 rings (SSSR count). The van der Waals surface area contributed by atoms with Crippen LogP contribution in [0.5, 0.6) is 5.75 Å². The van der Waals surface area contributed by atoms with E-state index in [-0.39, 0.29) is 5.69 Å². The molecule has 142 valence electrons. The zero-order valence-electron chi connectivity index (χ0n) is 14.5. The van der Waals surface area contributed by atoms with Gasteiger partial charge in [-0.25, -0.2) is 4.98 Å². The van der Waals surface area contributed by atoms with Crippen LogP contribution in [0.4, 0.5) is 18.9 Å². The Labute approximate surface area is 160 Å². The van der Waals surface area contributed by atoms with E-state index in [0.717, 1.165) is 7.05 Å². The third-order valence-electron chi connectivity index (χ3n) is 3.99. The molecule has 2 aromatic carbocycles. The molecule has 27 heavy (non-hydrogen) atoms. The number of fused-ring (bicyclic) bond motifs is 1. The van der Waals surface area contributed by atoms with E-state index in [1.165, 1.54) is 12.1 Å². The van der Waals surface area contributed by atoms with Gasteiger partial charge in [-0.05, 0) is 58.7 Å². The standard InChI is InChI=1S/C18H14BrF3N2O3/c1-9-6-11(24(2)17(25)18(20,21)22)8-13-15(9)27-16(23-13)10-4-5-14(26-3)12(19)7-10/h4-8H,1-3H3. The predicted octanol–water partition coefficient (Wildman–Crippen LogP) is 5.10. The average Bonchev–Trinajstić information content (AvgIpc) is 3.04. The van der Waals surface area contributed by atoms with Crippen LogP contribution in [-0.4, -0.2) is 31.2 Å². The van der Waals surface area contributed by atoms with Crippen molar-refractivity contribution < 1.29 is 27.1 Å². The van der Waals surface area contributed by atoms with Crippen LogP contribution in [0, 0.1) is 6.92 Å². The lowest BCUT2D eigenvalue weighted by Crippen LogP contribution is -2.38. The van der Waals surface area contributed by atoms with Crippen molar-refractivity contribution in [3.8, 4) is 17.2 Å². The van der Waals surface area contributed by atoms with Crippen molar-refractivity contribution in [3.05, 3.63) is 40.4 Å². The Kier molecular flexibility index (Phi) is 4.90. The molecule has 0 aliphatic heterocycles. The van der Waals surface area contributed by atoms with Gasteiger partial charge in [-0.3, -0.25) is 4.79 Å². The minimum atomic E-state index is -4.96. The minimum absolute atomic E-state index is 0.0816. The summed E-state index contributed by atoms with van der Waals surface area (Å²) in [5.41, 5.74) is 2.11. The number of alkyl halides is 3. The summed E-state index contributed by atoms with van der Waals surface area (Å²) < 4.78 is 49.7. The molecule has 0 aliphatic rings. The Bertz CT molecular complexity index is 1030. The van der Waals surface area contributed by atoms with Gasteiger partial charge in [-0.15, -0.1) is 0 Å². The highest BCUT2D eigenvalue weighted by Crippen LogP contribution is 2.34. The Morgan fingerprint density at radius 1 is 1.26 bits per heavy atom. The quantitative estimate of drug-likeness (QED) is 0.566. The molecule has 0 N–H and O–H groups in total. The molecule has 1 amide bonds. The monoisotopic (exact) mass is 442 g/mol. The Hall–Kier alpha value is -2.55. The number of oxazole rings is 1. The molecule has 5 nitrogen and oxygen atoms in total. The summed E-state index contributed by atoms with van der Waals surface area (Å²) in [4.78, 5) is 16.4. The van der Waals surface area contributed by atoms with E-state index in [9.17, 15) is 18.0 Å². The fourth-order valence-electron chi connectivity index (χ4n) is 2.61. The van der Waals surface area contributed by atoms with Crippen molar-refractivity contribution in [2.75, 3.05) is 19.1 Å². The first kappa shape index (κ1) is 19.2. The highest BCUT2D eigenvalue weighted by molar-refractivity contribution is 9.10. The second-order valence-corrected chi connectivity index (χ2v) is 6.70. The summed E-state index contributed by atoms with van der Waals surface area (Å²) in [6.07, 6.45) is -4.96. The SMILES string of the molecule is COc1ccc(-c2nc3cc(N(C)C(=O)C(F)(F)F)cc(C)c3o2)cc1Br. The molecule has 1 heterocycles. The molecule has 0 saturated heterocycles. The number of rotatable bonds is 3. The molecule has 0 saturated carbocycles. The summed E-state index contributed by atoms with van der Waals surface area (Å²) in [5, 5.41) is 0. The van der Waals surface area contributed by atoms with Gasteiger partial charge in [-0.2, -0.15) is 13.2 Å². The number of carbonyl (C=O) groups excluding carboxylic acids is 1. The number of aromatic nitrogens is 1. The average molecular weight is 443 g/mol. The number of nitrogens with zero attached hydrogens (tertiary/aromatic N) is 2. The second-order valence-electron chi connectivity index (χ2n) is 5.84. The van der Waals surface area contributed by atoms with E-state index in [4.69, 9.17) is 9.15 Å². The number of halogens is 4. The van der Waals surface area contributed by atoms with Gasteiger partial charge in [0.15, 0.2) is 5.58 Å². The number of aryl methyl sites for hydroxylation is 1. The van der Waals surface area contributed by atoms with Crippen LogP contribution in [0.2, 0.25) is 0 Å². The molecule has 0 aliphatic carbocycles. The first-order valence-corrected chi connectivity index (χ1v) is 8.51. The van der Waals surface area contributed by atoms with E-state index in [0.29, 0.717) is 43.2 Å². The summed E-state index contributed by atoms with van der Waals surface area (Å²) in [5.74, 6) is -1.01. The van der Waals surface area contributed by atoms with E-state index in [1.54, 1.807) is 32.2 Å². The molecule has 0 bridgehead atoms. The molecule has 0 spiro atoms. The molecule has 3 aromatic rings. The van der Waals surface area contributed by atoms with Gasteiger partial charge >= 0.3 is 12.1 Å². The van der Waals surface area contributed by atoms with Crippen molar-refractivity contribution in [1.82, 2.24) is 4.98 Å². The number of ether oxygens (including phenoxy) is 1. The van der Waals surface area contributed by atoms with Crippen molar-refractivity contribution >= 4 is 38.6 Å². The van der Waals surface area contributed by atoms with E-state index >= 15 is 0 Å².